The summed E-state index contributed by atoms with van der Waals surface area (Å²) in [5.41, 5.74) is 2.39. The number of hydrogen-bond donors (Lipinski definition) is 1. The van der Waals surface area contributed by atoms with Crippen LogP contribution in [-0.4, -0.2) is 25.3 Å². The van der Waals surface area contributed by atoms with Gasteiger partial charge >= 0.3 is 0 Å². The number of carbonyl (C=O) groups excluding carboxylic acids is 1. The van der Waals surface area contributed by atoms with E-state index in [2.05, 4.69) is 20.3 Å². The van der Waals surface area contributed by atoms with E-state index in [4.69, 9.17) is 11.6 Å². The van der Waals surface area contributed by atoms with Crippen molar-refractivity contribution >= 4 is 28.8 Å². The largest absolute Gasteiger partial charge is 0.319 e. The van der Waals surface area contributed by atoms with E-state index in [9.17, 15) is 4.79 Å². The fraction of sp³-hybridized carbons (Fsp3) is 0. The zero-order valence-electron chi connectivity index (χ0n) is 12.9. The molecule has 1 N–H and O–H groups in total. The van der Waals surface area contributed by atoms with Crippen LogP contribution in [0, 0.1) is 0 Å². The quantitative estimate of drug-likeness (QED) is 0.612. The molecule has 0 spiro atoms. The van der Waals surface area contributed by atoms with Gasteiger partial charge in [0.25, 0.3) is 5.91 Å². The highest BCUT2D eigenvalue weighted by molar-refractivity contribution is 6.33. The van der Waals surface area contributed by atoms with Gasteiger partial charge in [0.15, 0.2) is 5.82 Å². The first-order valence-electron chi connectivity index (χ1n) is 7.53. The third-order valence-electron chi connectivity index (χ3n) is 3.68. The van der Waals surface area contributed by atoms with Crippen LogP contribution >= 0.6 is 11.6 Å². The van der Waals surface area contributed by atoms with Gasteiger partial charge in [0.1, 0.15) is 11.3 Å². The average Bonchev–Trinajstić information content (AvgIpc) is 3.07. The Morgan fingerprint density at radius 3 is 2.60 bits per heavy atom. The normalized spacial score (nSPS) is 10.8. The second-order valence-corrected chi connectivity index (χ2v) is 5.70. The molecule has 0 unspecified atom stereocenters. The molecule has 7 heteroatoms. The Morgan fingerprint density at radius 2 is 1.80 bits per heavy atom. The van der Waals surface area contributed by atoms with E-state index < -0.39 is 0 Å². The van der Waals surface area contributed by atoms with Crippen molar-refractivity contribution in [1.29, 1.82) is 0 Å². The van der Waals surface area contributed by atoms with Crippen molar-refractivity contribution in [3.05, 3.63) is 78.0 Å². The van der Waals surface area contributed by atoms with Crippen LogP contribution in [0.25, 0.3) is 17.0 Å². The van der Waals surface area contributed by atoms with Gasteiger partial charge in [-0.15, -0.1) is 0 Å². The van der Waals surface area contributed by atoms with E-state index in [1.165, 1.54) is 6.20 Å². The Labute approximate surface area is 148 Å². The molecule has 1 aromatic carbocycles. The van der Waals surface area contributed by atoms with Crippen LogP contribution in [0.3, 0.4) is 0 Å². The Morgan fingerprint density at radius 1 is 1.00 bits per heavy atom. The standard InChI is InChI=1S/C18H12ClN5O/c19-13-4-1-2-5-14(13)23-18(25)15-10-22-16-7-6-12(11-24(15)16)17-20-8-3-9-21-17/h1-11H,(H,23,25). The summed E-state index contributed by atoms with van der Waals surface area (Å²) < 4.78 is 1.71. The molecular weight excluding hydrogens is 338 g/mol. The summed E-state index contributed by atoms with van der Waals surface area (Å²) in [4.78, 5) is 25.4. The molecule has 122 valence electrons. The molecule has 0 aliphatic heterocycles. The SMILES string of the molecule is O=C(Nc1ccccc1Cl)c1cnc2ccc(-c3ncccn3)cn12. The summed E-state index contributed by atoms with van der Waals surface area (Å²) in [6.45, 7) is 0. The van der Waals surface area contributed by atoms with E-state index in [0.717, 1.165) is 5.56 Å². The number of nitrogens with zero attached hydrogens (tertiary/aromatic N) is 4. The van der Waals surface area contributed by atoms with E-state index in [-0.39, 0.29) is 5.91 Å². The molecule has 0 fully saturated rings. The molecule has 0 bridgehead atoms. The zero-order chi connectivity index (χ0) is 17.2. The van der Waals surface area contributed by atoms with Crippen molar-refractivity contribution in [2.45, 2.75) is 0 Å². The molecule has 3 heterocycles. The second-order valence-electron chi connectivity index (χ2n) is 5.30. The number of imidazole rings is 1. The topological polar surface area (TPSA) is 72.2 Å². The molecule has 0 radical (unpaired) electrons. The van der Waals surface area contributed by atoms with Crippen molar-refractivity contribution in [3.63, 3.8) is 0 Å². The van der Waals surface area contributed by atoms with Gasteiger partial charge in [0, 0.05) is 24.2 Å². The maximum Gasteiger partial charge on any atom is 0.274 e. The molecule has 0 aliphatic rings. The first-order chi connectivity index (χ1) is 12.2. The van der Waals surface area contributed by atoms with Gasteiger partial charge in [-0.25, -0.2) is 15.0 Å². The minimum atomic E-state index is -0.299. The van der Waals surface area contributed by atoms with Crippen LogP contribution in [0.5, 0.6) is 0 Å². The summed E-state index contributed by atoms with van der Waals surface area (Å²) in [5.74, 6) is 0.280. The molecule has 6 nitrogen and oxygen atoms in total. The highest BCUT2D eigenvalue weighted by Crippen LogP contribution is 2.22. The smallest absolute Gasteiger partial charge is 0.274 e. The molecule has 0 saturated carbocycles. The van der Waals surface area contributed by atoms with Gasteiger partial charge < -0.3 is 5.32 Å². The lowest BCUT2D eigenvalue weighted by molar-refractivity contribution is 0.102. The predicted octanol–water partition coefficient (Wildman–Crippen LogP) is 3.70. The maximum absolute atomic E-state index is 12.6. The Hall–Kier alpha value is -3.25. The number of benzene rings is 1. The van der Waals surface area contributed by atoms with Crippen LogP contribution in [0.4, 0.5) is 5.69 Å². The van der Waals surface area contributed by atoms with Crippen LogP contribution in [0.15, 0.2) is 67.3 Å². The molecule has 25 heavy (non-hydrogen) atoms. The predicted molar refractivity (Wildman–Crippen MR) is 95.6 cm³/mol. The molecular formula is C18H12ClN5O. The average molecular weight is 350 g/mol. The third kappa shape index (κ3) is 2.95. The second kappa shape index (κ2) is 6.33. The fourth-order valence-corrected chi connectivity index (χ4v) is 2.66. The van der Waals surface area contributed by atoms with Gasteiger partial charge in [-0.3, -0.25) is 9.20 Å². The van der Waals surface area contributed by atoms with Crippen molar-refractivity contribution in [2.75, 3.05) is 5.32 Å². The highest BCUT2D eigenvalue weighted by atomic mass is 35.5. The molecule has 0 aliphatic carbocycles. The lowest BCUT2D eigenvalue weighted by Gasteiger charge is -2.07. The summed E-state index contributed by atoms with van der Waals surface area (Å²) in [7, 11) is 0. The number of halogens is 1. The lowest BCUT2D eigenvalue weighted by atomic mass is 10.2. The zero-order valence-corrected chi connectivity index (χ0v) is 13.7. The van der Waals surface area contributed by atoms with Gasteiger partial charge in [-0.05, 0) is 30.3 Å². The summed E-state index contributed by atoms with van der Waals surface area (Å²) in [6, 6.07) is 12.5. The molecule has 4 aromatic rings. The monoisotopic (exact) mass is 349 g/mol. The molecule has 1 amide bonds. The number of aromatic nitrogens is 4. The van der Waals surface area contributed by atoms with E-state index >= 15 is 0 Å². The Balaban J connectivity index is 1.72. The van der Waals surface area contributed by atoms with Crippen molar-refractivity contribution < 1.29 is 4.79 Å². The number of rotatable bonds is 3. The van der Waals surface area contributed by atoms with Gasteiger partial charge in [-0.1, -0.05) is 23.7 Å². The third-order valence-corrected chi connectivity index (χ3v) is 4.01. The number of nitrogens with one attached hydrogen (secondary N) is 1. The van der Waals surface area contributed by atoms with E-state index in [0.29, 0.717) is 27.9 Å². The highest BCUT2D eigenvalue weighted by Gasteiger charge is 2.14. The van der Waals surface area contributed by atoms with Crippen LogP contribution in [0.1, 0.15) is 10.5 Å². The van der Waals surface area contributed by atoms with Gasteiger partial charge in [0.2, 0.25) is 0 Å². The van der Waals surface area contributed by atoms with Crippen molar-refractivity contribution in [3.8, 4) is 11.4 Å². The van der Waals surface area contributed by atoms with E-state index in [1.807, 2.05) is 12.1 Å². The first kappa shape index (κ1) is 15.3. The molecule has 0 atom stereocenters. The Bertz CT molecular complexity index is 1060. The summed E-state index contributed by atoms with van der Waals surface area (Å²) in [6.07, 6.45) is 6.66. The van der Waals surface area contributed by atoms with Gasteiger partial charge in [-0.2, -0.15) is 0 Å². The minimum Gasteiger partial charge on any atom is -0.319 e. The molecule has 0 saturated heterocycles. The summed E-state index contributed by atoms with van der Waals surface area (Å²) in [5, 5.41) is 3.28. The van der Waals surface area contributed by atoms with Crippen molar-refractivity contribution in [1.82, 2.24) is 19.4 Å². The van der Waals surface area contributed by atoms with Crippen LogP contribution < -0.4 is 5.32 Å². The number of para-hydroxylation sites is 1. The number of anilines is 1. The fourth-order valence-electron chi connectivity index (χ4n) is 2.48. The van der Waals surface area contributed by atoms with Crippen LogP contribution in [0.2, 0.25) is 5.02 Å². The maximum atomic E-state index is 12.6. The minimum absolute atomic E-state index is 0.299. The lowest BCUT2D eigenvalue weighted by Crippen LogP contribution is -2.14. The number of amides is 1. The molecule has 3 aromatic heterocycles. The van der Waals surface area contributed by atoms with Crippen molar-refractivity contribution in [2.24, 2.45) is 0 Å². The number of pyridine rings is 1. The number of carbonyl (C=O) groups is 1. The van der Waals surface area contributed by atoms with Gasteiger partial charge in [0.05, 0.1) is 16.9 Å². The summed E-state index contributed by atoms with van der Waals surface area (Å²) >= 11 is 6.10. The van der Waals surface area contributed by atoms with Crippen LogP contribution in [-0.2, 0) is 0 Å². The van der Waals surface area contributed by atoms with E-state index in [1.54, 1.807) is 53.3 Å². The number of fused-ring (bicyclic) bond motifs is 1. The Kier molecular flexibility index (Phi) is 3.87. The first-order valence-corrected chi connectivity index (χ1v) is 7.90. The number of hydrogen-bond acceptors (Lipinski definition) is 4. The molecule has 4 rings (SSSR count).